The van der Waals surface area contributed by atoms with E-state index in [0.29, 0.717) is 17.3 Å². The topological polar surface area (TPSA) is 30.5 Å². The van der Waals surface area contributed by atoms with E-state index in [1.165, 1.54) is 0 Å². The van der Waals surface area contributed by atoms with Gasteiger partial charge in [-0.05, 0) is 36.2 Å². The molecule has 2 aromatic rings. The van der Waals surface area contributed by atoms with Crippen molar-refractivity contribution in [2.45, 2.75) is 19.9 Å². The minimum absolute atomic E-state index is 0.609. The van der Waals surface area contributed by atoms with Crippen LogP contribution in [-0.4, -0.2) is 13.7 Å². The molecular weight excluding hydrogens is 286 g/mol. The zero-order valence-corrected chi connectivity index (χ0v) is 13.1. The zero-order valence-electron chi connectivity index (χ0n) is 12.4. The Morgan fingerprint density at radius 3 is 2.76 bits per heavy atom. The van der Waals surface area contributed by atoms with Crippen molar-refractivity contribution in [2.75, 3.05) is 19.0 Å². The summed E-state index contributed by atoms with van der Waals surface area (Å²) in [6, 6.07) is 13.7. The molecule has 0 spiro atoms. The Labute approximate surface area is 130 Å². The number of ether oxygens (including phenoxy) is 2. The normalized spacial score (nSPS) is 10.2. The standard InChI is InChI=1S/C17H20ClNO2/c1-3-9-21-15-6-4-5-13(10-15)12-19-14-7-8-16(18)17(11-14)20-2/h4-8,10-11,19H,3,9,12H2,1-2H3. The third-order valence-electron chi connectivity index (χ3n) is 3.02. The first-order chi connectivity index (χ1) is 10.2. The lowest BCUT2D eigenvalue weighted by Gasteiger charge is -2.11. The zero-order chi connectivity index (χ0) is 15.1. The molecule has 0 unspecified atom stereocenters. The fourth-order valence-corrected chi connectivity index (χ4v) is 2.13. The number of hydrogen-bond acceptors (Lipinski definition) is 3. The molecule has 3 nitrogen and oxygen atoms in total. The lowest BCUT2D eigenvalue weighted by Crippen LogP contribution is -2.01. The van der Waals surface area contributed by atoms with Crippen LogP contribution in [0.3, 0.4) is 0 Å². The third kappa shape index (κ3) is 4.57. The number of anilines is 1. The molecule has 0 saturated heterocycles. The van der Waals surface area contributed by atoms with Crippen LogP contribution in [-0.2, 0) is 6.54 Å². The van der Waals surface area contributed by atoms with Gasteiger partial charge in [0, 0.05) is 18.3 Å². The van der Waals surface area contributed by atoms with Crippen LogP contribution in [0.4, 0.5) is 5.69 Å². The molecule has 0 bridgehead atoms. The van der Waals surface area contributed by atoms with Crippen molar-refractivity contribution in [3.8, 4) is 11.5 Å². The second kappa shape index (κ2) is 7.79. The molecule has 0 fully saturated rings. The highest BCUT2D eigenvalue weighted by molar-refractivity contribution is 6.32. The van der Waals surface area contributed by atoms with E-state index in [2.05, 4.69) is 24.4 Å². The molecule has 21 heavy (non-hydrogen) atoms. The van der Waals surface area contributed by atoms with Crippen LogP contribution in [0.5, 0.6) is 11.5 Å². The SMILES string of the molecule is CCCOc1cccc(CNc2ccc(Cl)c(OC)c2)c1. The summed E-state index contributed by atoms with van der Waals surface area (Å²) in [6.45, 7) is 3.55. The summed E-state index contributed by atoms with van der Waals surface area (Å²) in [6.07, 6.45) is 1.01. The second-order valence-electron chi connectivity index (χ2n) is 4.70. The Morgan fingerprint density at radius 2 is 2.00 bits per heavy atom. The average molecular weight is 306 g/mol. The van der Waals surface area contributed by atoms with Crippen LogP contribution in [0, 0.1) is 0 Å². The van der Waals surface area contributed by atoms with E-state index in [4.69, 9.17) is 21.1 Å². The molecule has 0 aliphatic heterocycles. The summed E-state index contributed by atoms with van der Waals surface area (Å²) >= 11 is 6.01. The number of halogens is 1. The van der Waals surface area contributed by atoms with Gasteiger partial charge < -0.3 is 14.8 Å². The number of hydrogen-bond donors (Lipinski definition) is 1. The Bertz CT molecular complexity index is 587. The van der Waals surface area contributed by atoms with E-state index in [1.54, 1.807) is 7.11 Å². The molecule has 2 rings (SSSR count). The van der Waals surface area contributed by atoms with Gasteiger partial charge in [0.15, 0.2) is 0 Å². The van der Waals surface area contributed by atoms with Gasteiger partial charge in [0.05, 0.1) is 18.7 Å². The maximum atomic E-state index is 6.01. The predicted molar refractivity (Wildman–Crippen MR) is 87.6 cm³/mol. The van der Waals surface area contributed by atoms with Crippen molar-refractivity contribution < 1.29 is 9.47 Å². The van der Waals surface area contributed by atoms with E-state index in [0.717, 1.165) is 30.0 Å². The van der Waals surface area contributed by atoms with Crippen molar-refractivity contribution in [3.05, 3.63) is 53.1 Å². The molecule has 0 amide bonds. The molecule has 112 valence electrons. The minimum Gasteiger partial charge on any atom is -0.495 e. The molecular formula is C17H20ClNO2. The van der Waals surface area contributed by atoms with Gasteiger partial charge in [-0.25, -0.2) is 0 Å². The summed E-state index contributed by atoms with van der Waals surface area (Å²) in [5.74, 6) is 1.58. The fraction of sp³-hybridized carbons (Fsp3) is 0.294. The lowest BCUT2D eigenvalue weighted by atomic mass is 10.2. The molecule has 0 radical (unpaired) electrons. The summed E-state index contributed by atoms with van der Waals surface area (Å²) in [5.41, 5.74) is 2.13. The Kier molecular flexibility index (Phi) is 5.76. The maximum Gasteiger partial charge on any atom is 0.139 e. The van der Waals surface area contributed by atoms with Crippen LogP contribution in [0.1, 0.15) is 18.9 Å². The van der Waals surface area contributed by atoms with Gasteiger partial charge in [-0.15, -0.1) is 0 Å². The lowest BCUT2D eigenvalue weighted by molar-refractivity contribution is 0.317. The van der Waals surface area contributed by atoms with E-state index in [-0.39, 0.29) is 0 Å². The molecule has 0 saturated carbocycles. The first-order valence-corrected chi connectivity index (χ1v) is 7.40. The monoisotopic (exact) mass is 305 g/mol. The van der Waals surface area contributed by atoms with Gasteiger partial charge in [-0.1, -0.05) is 30.7 Å². The minimum atomic E-state index is 0.609. The van der Waals surface area contributed by atoms with Crippen LogP contribution in [0.25, 0.3) is 0 Å². The van der Waals surface area contributed by atoms with E-state index >= 15 is 0 Å². The van der Waals surface area contributed by atoms with Crippen molar-refractivity contribution >= 4 is 17.3 Å². The Hall–Kier alpha value is -1.87. The summed E-state index contributed by atoms with van der Waals surface area (Å²) in [7, 11) is 1.61. The van der Waals surface area contributed by atoms with Crippen molar-refractivity contribution in [2.24, 2.45) is 0 Å². The van der Waals surface area contributed by atoms with Crippen molar-refractivity contribution in [1.82, 2.24) is 0 Å². The first kappa shape index (κ1) is 15.5. The largest absolute Gasteiger partial charge is 0.495 e. The summed E-state index contributed by atoms with van der Waals surface area (Å²) < 4.78 is 10.8. The average Bonchev–Trinajstić information content (AvgIpc) is 2.52. The smallest absolute Gasteiger partial charge is 0.139 e. The van der Waals surface area contributed by atoms with E-state index in [1.807, 2.05) is 30.3 Å². The Balaban J connectivity index is 1.99. The Morgan fingerprint density at radius 1 is 1.14 bits per heavy atom. The quantitative estimate of drug-likeness (QED) is 0.800. The van der Waals surface area contributed by atoms with Gasteiger partial charge in [-0.2, -0.15) is 0 Å². The number of nitrogens with one attached hydrogen (secondary N) is 1. The van der Waals surface area contributed by atoms with Gasteiger partial charge in [0.2, 0.25) is 0 Å². The van der Waals surface area contributed by atoms with E-state index < -0.39 is 0 Å². The third-order valence-corrected chi connectivity index (χ3v) is 3.33. The molecule has 1 N–H and O–H groups in total. The van der Waals surface area contributed by atoms with Crippen molar-refractivity contribution in [1.29, 1.82) is 0 Å². The predicted octanol–water partition coefficient (Wildman–Crippen LogP) is 4.75. The highest BCUT2D eigenvalue weighted by Crippen LogP contribution is 2.27. The molecule has 4 heteroatoms. The molecule has 0 aliphatic carbocycles. The fourth-order valence-electron chi connectivity index (χ4n) is 1.94. The first-order valence-electron chi connectivity index (χ1n) is 7.02. The van der Waals surface area contributed by atoms with Crippen LogP contribution < -0.4 is 14.8 Å². The van der Waals surface area contributed by atoms with Gasteiger partial charge in [-0.3, -0.25) is 0 Å². The van der Waals surface area contributed by atoms with E-state index in [9.17, 15) is 0 Å². The van der Waals surface area contributed by atoms with Gasteiger partial charge in [0.1, 0.15) is 11.5 Å². The molecule has 2 aromatic carbocycles. The molecule has 0 heterocycles. The highest BCUT2D eigenvalue weighted by Gasteiger charge is 2.02. The van der Waals surface area contributed by atoms with Crippen molar-refractivity contribution in [3.63, 3.8) is 0 Å². The molecule has 0 aliphatic rings. The highest BCUT2D eigenvalue weighted by atomic mass is 35.5. The van der Waals surface area contributed by atoms with Gasteiger partial charge in [0.25, 0.3) is 0 Å². The van der Waals surface area contributed by atoms with Gasteiger partial charge >= 0.3 is 0 Å². The molecule has 0 atom stereocenters. The second-order valence-corrected chi connectivity index (χ2v) is 5.11. The summed E-state index contributed by atoms with van der Waals surface area (Å²) in [4.78, 5) is 0. The van der Waals surface area contributed by atoms with Crippen LogP contribution in [0.15, 0.2) is 42.5 Å². The molecule has 0 aromatic heterocycles. The number of rotatable bonds is 7. The number of benzene rings is 2. The summed E-state index contributed by atoms with van der Waals surface area (Å²) in [5, 5.41) is 3.96. The number of methoxy groups -OCH3 is 1. The van der Waals surface area contributed by atoms with Crippen LogP contribution in [0.2, 0.25) is 5.02 Å². The maximum absolute atomic E-state index is 6.01. The van der Waals surface area contributed by atoms with Crippen LogP contribution >= 0.6 is 11.6 Å².